The number of alkyl halides is 2. The average molecular weight is 316 g/mol. The minimum absolute atomic E-state index is 0.107. The Morgan fingerprint density at radius 3 is 2.43 bits per heavy atom. The summed E-state index contributed by atoms with van der Waals surface area (Å²) < 4.78 is 30.2. The lowest BCUT2D eigenvalue weighted by molar-refractivity contribution is -0.0498. The van der Waals surface area contributed by atoms with Gasteiger partial charge in [-0.1, -0.05) is 23.7 Å². The molecule has 0 amide bonds. The summed E-state index contributed by atoms with van der Waals surface area (Å²) in [5, 5.41) is 4.83. The fraction of sp³-hybridized carbons (Fsp3) is 0.357. The zero-order chi connectivity index (χ0) is 15.6. The van der Waals surface area contributed by atoms with Crippen LogP contribution >= 0.6 is 11.6 Å². The Labute approximate surface area is 126 Å². The molecular formula is C14H16ClF2N3O. The molecule has 2 N–H and O–H groups in total. The van der Waals surface area contributed by atoms with E-state index in [1.54, 1.807) is 23.9 Å². The third-order valence-electron chi connectivity index (χ3n) is 3.21. The van der Waals surface area contributed by atoms with E-state index in [9.17, 15) is 8.78 Å². The number of hydrogen-bond acceptors (Lipinski definition) is 3. The van der Waals surface area contributed by atoms with Crippen LogP contribution in [0.4, 0.5) is 8.78 Å². The summed E-state index contributed by atoms with van der Waals surface area (Å²) in [6.45, 7) is -1.01. The van der Waals surface area contributed by atoms with Crippen molar-refractivity contribution >= 4 is 11.6 Å². The number of benzene rings is 1. The largest absolute Gasteiger partial charge is 0.435 e. The molecule has 1 aromatic heterocycles. The van der Waals surface area contributed by atoms with Crippen LogP contribution in [0.3, 0.4) is 0 Å². The van der Waals surface area contributed by atoms with Gasteiger partial charge in [-0.3, -0.25) is 4.68 Å². The first-order chi connectivity index (χ1) is 9.88. The molecule has 2 aromatic rings. The SMILES string of the molecule is Cc1nn(C)c(CC(N)c2ccc(OC(F)F)cc2)c1Cl. The van der Waals surface area contributed by atoms with Gasteiger partial charge in [-0.05, 0) is 24.6 Å². The highest BCUT2D eigenvalue weighted by Gasteiger charge is 2.16. The van der Waals surface area contributed by atoms with Gasteiger partial charge in [-0.2, -0.15) is 13.9 Å². The first-order valence-electron chi connectivity index (χ1n) is 6.36. The van der Waals surface area contributed by atoms with Crippen LogP contribution in [-0.2, 0) is 13.5 Å². The quantitative estimate of drug-likeness (QED) is 0.921. The van der Waals surface area contributed by atoms with Gasteiger partial charge >= 0.3 is 6.61 Å². The molecule has 1 heterocycles. The number of nitrogens with zero attached hydrogens (tertiary/aromatic N) is 2. The Hall–Kier alpha value is -1.66. The van der Waals surface area contributed by atoms with Gasteiger partial charge in [0.15, 0.2) is 0 Å². The number of halogens is 3. The lowest BCUT2D eigenvalue weighted by Gasteiger charge is -2.13. The summed E-state index contributed by atoms with van der Waals surface area (Å²) in [6.07, 6.45) is 0.505. The summed E-state index contributed by atoms with van der Waals surface area (Å²) in [5.74, 6) is 0.107. The Balaban J connectivity index is 2.11. The molecule has 0 saturated heterocycles. The van der Waals surface area contributed by atoms with Crippen molar-refractivity contribution in [3.05, 3.63) is 46.2 Å². The predicted molar refractivity (Wildman–Crippen MR) is 76.7 cm³/mol. The predicted octanol–water partition coefficient (Wildman–Crippen LogP) is 3.23. The first kappa shape index (κ1) is 15.7. The molecule has 1 atom stereocenters. The molecule has 0 saturated carbocycles. The third-order valence-corrected chi connectivity index (χ3v) is 3.70. The monoisotopic (exact) mass is 315 g/mol. The normalized spacial score (nSPS) is 12.7. The molecule has 0 fully saturated rings. The molecule has 114 valence electrons. The Bertz CT molecular complexity index is 613. The van der Waals surface area contributed by atoms with Gasteiger partial charge in [0.25, 0.3) is 0 Å². The fourth-order valence-electron chi connectivity index (χ4n) is 2.12. The number of hydrogen-bond donors (Lipinski definition) is 1. The van der Waals surface area contributed by atoms with Crippen molar-refractivity contribution in [3.8, 4) is 5.75 Å². The van der Waals surface area contributed by atoms with Gasteiger partial charge in [0.1, 0.15) is 5.75 Å². The van der Waals surface area contributed by atoms with Gasteiger partial charge in [0.05, 0.1) is 16.4 Å². The standard InChI is InChI=1S/C14H16ClF2N3O/c1-8-13(15)12(20(2)19-8)7-11(18)9-3-5-10(6-4-9)21-14(16)17/h3-6,11,14H,7,18H2,1-2H3. The van der Waals surface area contributed by atoms with E-state index in [1.165, 1.54) is 12.1 Å². The van der Waals surface area contributed by atoms with E-state index < -0.39 is 6.61 Å². The lowest BCUT2D eigenvalue weighted by atomic mass is 10.0. The second-order valence-electron chi connectivity index (χ2n) is 4.73. The Kier molecular flexibility index (Phi) is 4.80. The zero-order valence-electron chi connectivity index (χ0n) is 11.7. The molecule has 0 aliphatic heterocycles. The van der Waals surface area contributed by atoms with Crippen molar-refractivity contribution in [3.63, 3.8) is 0 Å². The highest BCUT2D eigenvalue weighted by Crippen LogP contribution is 2.25. The molecule has 4 nitrogen and oxygen atoms in total. The topological polar surface area (TPSA) is 53.1 Å². The van der Waals surface area contributed by atoms with Crippen LogP contribution in [0.2, 0.25) is 5.02 Å². The van der Waals surface area contributed by atoms with E-state index in [0.29, 0.717) is 11.4 Å². The van der Waals surface area contributed by atoms with Crippen LogP contribution in [0, 0.1) is 6.92 Å². The minimum Gasteiger partial charge on any atom is -0.435 e. The molecule has 1 aromatic carbocycles. The third kappa shape index (κ3) is 3.71. The van der Waals surface area contributed by atoms with Crippen LogP contribution in [0.5, 0.6) is 5.75 Å². The maximum Gasteiger partial charge on any atom is 0.387 e. The Morgan fingerprint density at radius 1 is 1.33 bits per heavy atom. The second-order valence-corrected chi connectivity index (χ2v) is 5.11. The van der Waals surface area contributed by atoms with Crippen molar-refractivity contribution < 1.29 is 13.5 Å². The smallest absolute Gasteiger partial charge is 0.387 e. The van der Waals surface area contributed by atoms with E-state index >= 15 is 0 Å². The van der Waals surface area contributed by atoms with Crippen LogP contribution in [0.1, 0.15) is 23.0 Å². The molecule has 0 radical (unpaired) electrons. The molecule has 7 heteroatoms. The van der Waals surface area contributed by atoms with Gasteiger partial charge < -0.3 is 10.5 Å². The number of rotatable bonds is 5. The van der Waals surface area contributed by atoms with Crippen molar-refractivity contribution in [1.29, 1.82) is 0 Å². The molecule has 2 rings (SSSR count). The highest BCUT2D eigenvalue weighted by molar-refractivity contribution is 6.31. The fourth-order valence-corrected chi connectivity index (χ4v) is 2.36. The highest BCUT2D eigenvalue weighted by atomic mass is 35.5. The van der Waals surface area contributed by atoms with Crippen molar-refractivity contribution in [1.82, 2.24) is 9.78 Å². The van der Waals surface area contributed by atoms with E-state index in [1.807, 2.05) is 6.92 Å². The van der Waals surface area contributed by atoms with Crippen molar-refractivity contribution in [2.45, 2.75) is 26.0 Å². The van der Waals surface area contributed by atoms with E-state index in [0.717, 1.165) is 17.0 Å². The molecule has 0 spiro atoms. The number of ether oxygens (including phenoxy) is 1. The number of aromatic nitrogens is 2. The summed E-state index contributed by atoms with van der Waals surface area (Å²) in [5.41, 5.74) is 8.54. The maximum atomic E-state index is 12.1. The van der Waals surface area contributed by atoms with Crippen molar-refractivity contribution in [2.75, 3.05) is 0 Å². The van der Waals surface area contributed by atoms with E-state index in [2.05, 4.69) is 9.84 Å². The summed E-state index contributed by atoms with van der Waals surface area (Å²) in [4.78, 5) is 0. The minimum atomic E-state index is -2.83. The van der Waals surface area contributed by atoms with E-state index in [-0.39, 0.29) is 11.8 Å². The molecule has 1 unspecified atom stereocenters. The molecule has 0 aliphatic carbocycles. The van der Waals surface area contributed by atoms with Crippen LogP contribution in [0.15, 0.2) is 24.3 Å². The van der Waals surface area contributed by atoms with Gasteiger partial charge in [0.2, 0.25) is 0 Å². The van der Waals surface area contributed by atoms with E-state index in [4.69, 9.17) is 17.3 Å². The van der Waals surface area contributed by atoms with Crippen LogP contribution in [0.25, 0.3) is 0 Å². The van der Waals surface area contributed by atoms with Crippen LogP contribution < -0.4 is 10.5 Å². The van der Waals surface area contributed by atoms with Gasteiger partial charge in [-0.15, -0.1) is 0 Å². The maximum absolute atomic E-state index is 12.1. The molecule has 21 heavy (non-hydrogen) atoms. The van der Waals surface area contributed by atoms with Crippen LogP contribution in [-0.4, -0.2) is 16.4 Å². The van der Waals surface area contributed by atoms with Gasteiger partial charge in [-0.25, -0.2) is 0 Å². The first-order valence-corrected chi connectivity index (χ1v) is 6.74. The number of nitrogens with two attached hydrogens (primary N) is 1. The molecular weight excluding hydrogens is 300 g/mol. The summed E-state index contributed by atoms with van der Waals surface area (Å²) in [7, 11) is 1.81. The van der Waals surface area contributed by atoms with Crippen molar-refractivity contribution in [2.24, 2.45) is 12.8 Å². The lowest BCUT2D eigenvalue weighted by Crippen LogP contribution is -2.15. The second kappa shape index (κ2) is 6.41. The summed E-state index contributed by atoms with van der Waals surface area (Å²) >= 11 is 6.19. The Morgan fingerprint density at radius 2 is 1.95 bits per heavy atom. The number of aryl methyl sites for hydroxylation is 2. The average Bonchev–Trinajstić information content (AvgIpc) is 2.65. The summed E-state index contributed by atoms with van der Waals surface area (Å²) in [6, 6.07) is 5.96. The zero-order valence-corrected chi connectivity index (χ0v) is 12.4. The van der Waals surface area contributed by atoms with Gasteiger partial charge in [0, 0.05) is 19.5 Å². The molecule has 0 aliphatic rings. The molecule has 0 bridgehead atoms.